The summed E-state index contributed by atoms with van der Waals surface area (Å²) >= 11 is 0. The van der Waals surface area contributed by atoms with E-state index < -0.39 is 25.9 Å². The molecule has 3 heterocycles. The summed E-state index contributed by atoms with van der Waals surface area (Å²) in [6, 6.07) is 12.7. The molecule has 11 nitrogen and oxygen atoms in total. The molecule has 230 valence electrons. The summed E-state index contributed by atoms with van der Waals surface area (Å²) in [6.45, 7) is 8.27. The number of methoxy groups -OCH3 is 1. The van der Waals surface area contributed by atoms with E-state index in [0.717, 1.165) is 43.7 Å². The predicted molar refractivity (Wildman–Crippen MR) is 171 cm³/mol. The Labute approximate surface area is 255 Å². The number of benzene rings is 2. The molecule has 0 radical (unpaired) electrons. The Kier molecular flexibility index (Phi) is 9.33. The van der Waals surface area contributed by atoms with Crippen molar-refractivity contribution >= 4 is 49.6 Å². The van der Waals surface area contributed by atoms with Crippen molar-refractivity contribution in [2.45, 2.75) is 49.7 Å². The van der Waals surface area contributed by atoms with Gasteiger partial charge in [-0.1, -0.05) is 12.1 Å². The molecular formula is C30H39N7O4S2. The van der Waals surface area contributed by atoms with Crippen LogP contribution in [0.5, 0.6) is 5.75 Å². The van der Waals surface area contributed by atoms with Gasteiger partial charge in [0, 0.05) is 35.4 Å². The number of fused-ring (bicyclic) bond motifs is 1. The molecule has 1 unspecified atom stereocenters. The van der Waals surface area contributed by atoms with Crippen molar-refractivity contribution in [1.82, 2.24) is 24.5 Å². The average Bonchev–Trinajstić information content (AvgIpc) is 3.46. The van der Waals surface area contributed by atoms with Crippen LogP contribution in [0.4, 0.5) is 23.3 Å². The van der Waals surface area contributed by atoms with E-state index in [4.69, 9.17) is 4.74 Å². The highest BCUT2D eigenvalue weighted by atomic mass is 32.2. The average molecular weight is 626 g/mol. The highest BCUT2D eigenvalue weighted by Crippen LogP contribution is 2.37. The molecule has 1 aliphatic rings. The molecule has 1 atom stereocenters. The maximum absolute atomic E-state index is 13.0. The minimum Gasteiger partial charge on any atom is -0.495 e. The highest BCUT2D eigenvalue weighted by molar-refractivity contribution is 7.92. The van der Waals surface area contributed by atoms with E-state index in [0.29, 0.717) is 40.7 Å². The second-order valence-electron chi connectivity index (χ2n) is 11.1. The van der Waals surface area contributed by atoms with Gasteiger partial charge >= 0.3 is 0 Å². The Morgan fingerprint density at radius 3 is 2.51 bits per heavy atom. The molecule has 4 aromatic rings. The first-order valence-electron chi connectivity index (χ1n) is 14.4. The summed E-state index contributed by atoms with van der Waals surface area (Å²) < 4.78 is 44.9. The van der Waals surface area contributed by atoms with Gasteiger partial charge in [-0.05, 0) is 88.0 Å². The first-order valence-corrected chi connectivity index (χ1v) is 17.6. The number of aromatic nitrogens is 4. The maximum atomic E-state index is 13.0. The zero-order chi connectivity index (χ0) is 30.7. The van der Waals surface area contributed by atoms with E-state index in [9.17, 15) is 12.6 Å². The molecule has 1 fully saturated rings. The number of rotatable bonds is 11. The second-order valence-corrected chi connectivity index (χ2v) is 15.1. The lowest BCUT2D eigenvalue weighted by Gasteiger charge is -2.33. The molecule has 0 saturated carbocycles. The van der Waals surface area contributed by atoms with Gasteiger partial charge in [0.15, 0.2) is 15.5 Å². The number of aryl methyl sites for hydroxylation is 1. The molecule has 13 heteroatoms. The van der Waals surface area contributed by atoms with Gasteiger partial charge in [0.2, 0.25) is 11.9 Å². The number of sulfone groups is 1. The molecule has 2 N–H and O–H groups in total. The zero-order valence-corrected chi connectivity index (χ0v) is 26.8. The van der Waals surface area contributed by atoms with Crippen molar-refractivity contribution in [1.29, 1.82) is 0 Å². The molecule has 0 aliphatic carbocycles. The number of piperidine rings is 1. The molecule has 1 saturated heterocycles. The molecule has 43 heavy (non-hydrogen) atoms. The van der Waals surface area contributed by atoms with Crippen LogP contribution in [0.15, 0.2) is 53.6 Å². The van der Waals surface area contributed by atoms with E-state index in [1.165, 1.54) is 10.1 Å². The molecule has 2 aromatic heterocycles. The number of ether oxygens (including phenoxy) is 1. The van der Waals surface area contributed by atoms with Crippen LogP contribution in [-0.4, -0.2) is 81.1 Å². The lowest BCUT2D eigenvalue weighted by Crippen LogP contribution is -2.35. The predicted octanol–water partition coefficient (Wildman–Crippen LogP) is 4.67. The summed E-state index contributed by atoms with van der Waals surface area (Å²) in [5, 5.41) is 10.2. The van der Waals surface area contributed by atoms with Gasteiger partial charge in [0.05, 0.1) is 34.8 Å². The molecule has 0 amide bonds. The largest absolute Gasteiger partial charge is 0.495 e. The summed E-state index contributed by atoms with van der Waals surface area (Å²) in [6.07, 6.45) is 5.45. The fourth-order valence-electron chi connectivity index (χ4n) is 5.41. The molecule has 0 spiro atoms. The molecule has 0 bridgehead atoms. The van der Waals surface area contributed by atoms with Crippen LogP contribution in [0.3, 0.4) is 0 Å². The third kappa shape index (κ3) is 6.84. The van der Waals surface area contributed by atoms with Gasteiger partial charge in [0.1, 0.15) is 5.75 Å². The molecule has 5 rings (SSSR count). The third-order valence-electron chi connectivity index (χ3n) is 7.87. The van der Waals surface area contributed by atoms with Crippen LogP contribution in [0, 0.1) is 6.92 Å². The Morgan fingerprint density at radius 2 is 1.81 bits per heavy atom. The van der Waals surface area contributed by atoms with E-state index in [-0.39, 0.29) is 4.90 Å². The summed E-state index contributed by atoms with van der Waals surface area (Å²) in [7, 11) is -2.67. The van der Waals surface area contributed by atoms with Crippen molar-refractivity contribution in [2.24, 2.45) is 0 Å². The number of hydrogen-bond acceptors (Lipinski definition) is 10. The zero-order valence-electron chi connectivity index (χ0n) is 25.2. The molecule has 2 aromatic carbocycles. The number of nitrogens with zero attached hydrogens (tertiary/aromatic N) is 5. The summed E-state index contributed by atoms with van der Waals surface area (Å²) in [5.74, 6) is 2.45. The number of hydrogen-bond donors (Lipinski definition) is 2. The fourth-order valence-corrected chi connectivity index (χ4v) is 7.13. The number of likely N-dealkylation sites (tertiary alicyclic amines) is 1. The number of nitrogens with one attached hydrogen (secondary N) is 2. The topological polar surface area (TPSA) is 131 Å². The normalized spacial score (nSPS) is 15.6. The van der Waals surface area contributed by atoms with Gasteiger partial charge < -0.3 is 20.3 Å². The van der Waals surface area contributed by atoms with Crippen molar-refractivity contribution < 1.29 is 17.4 Å². The SMILES string of the molecule is COc1cc(C2CCN(CCS(C)=O)CC2)c(C)cc1Nc1nc(Nc2ccccc2S(=O)(=O)C(C)C)n2nccc2n1. The standard InChI is InChI=1S/C30H39N7O4S2/c1-20(2)43(39,40)27-9-7-6-8-24(27)33-30-35-29(34-28-10-13-31-37(28)30)32-25-18-21(3)23(19-26(25)41-4)22-11-14-36(15-12-22)16-17-42(5)38/h6-10,13,18-20,22H,11-12,14-17H2,1-5H3,(H2,32,33,34,35). The molecule has 1 aliphatic heterocycles. The minimum atomic E-state index is -3.55. The highest BCUT2D eigenvalue weighted by Gasteiger charge is 2.25. The lowest BCUT2D eigenvalue weighted by molar-refractivity contribution is 0.223. The second kappa shape index (κ2) is 13.0. The Morgan fingerprint density at radius 1 is 1.07 bits per heavy atom. The number of para-hydroxylation sites is 1. The van der Waals surface area contributed by atoms with Crippen molar-refractivity contribution in [3.05, 3.63) is 59.8 Å². The van der Waals surface area contributed by atoms with E-state index in [2.05, 4.69) is 49.7 Å². The van der Waals surface area contributed by atoms with Crippen molar-refractivity contribution in [3.8, 4) is 5.75 Å². The van der Waals surface area contributed by atoms with Crippen LogP contribution in [0.2, 0.25) is 0 Å². The monoisotopic (exact) mass is 625 g/mol. The van der Waals surface area contributed by atoms with Crippen LogP contribution >= 0.6 is 0 Å². The maximum Gasteiger partial charge on any atom is 0.233 e. The summed E-state index contributed by atoms with van der Waals surface area (Å²) in [4.78, 5) is 11.9. The first kappa shape index (κ1) is 30.9. The van der Waals surface area contributed by atoms with Crippen molar-refractivity contribution in [3.63, 3.8) is 0 Å². The Hall–Kier alpha value is -3.55. The van der Waals surface area contributed by atoms with Gasteiger partial charge in [-0.15, -0.1) is 0 Å². The van der Waals surface area contributed by atoms with Gasteiger partial charge in [-0.2, -0.15) is 19.6 Å². The van der Waals surface area contributed by atoms with Crippen LogP contribution in [-0.2, 0) is 20.6 Å². The smallest absolute Gasteiger partial charge is 0.233 e. The Bertz CT molecular complexity index is 1730. The van der Waals surface area contributed by atoms with Crippen LogP contribution in [0.1, 0.15) is 43.7 Å². The van der Waals surface area contributed by atoms with Gasteiger partial charge in [-0.25, -0.2) is 8.42 Å². The fraction of sp³-hybridized carbons (Fsp3) is 0.433. The number of anilines is 4. The van der Waals surface area contributed by atoms with E-state index in [1.54, 1.807) is 63.7 Å². The lowest BCUT2D eigenvalue weighted by atomic mass is 9.86. The van der Waals surface area contributed by atoms with E-state index in [1.807, 2.05) is 0 Å². The van der Waals surface area contributed by atoms with Crippen LogP contribution in [0.25, 0.3) is 5.65 Å². The van der Waals surface area contributed by atoms with E-state index >= 15 is 0 Å². The minimum absolute atomic E-state index is 0.192. The Balaban J connectivity index is 1.41. The van der Waals surface area contributed by atoms with Crippen LogP contribution < -0.4 is 15.4 Å². The van der Waals surface area contributed by atoms with Gasteiger partial charge in [-0.3, -0.25) is 4.21 Å². The van der Waals surface area contributed by atoms with Crippen molar-refractivity contribution in [2.75, 3.05) is 49.4 Å². The molecular weight excluding hydrogens is 587 g/mol. The summed E-state index contributed by atoms with van der Waals surface area (Å²) in [5.41, 5.74) is 4.08. The third-order valence-corrected chi connectivity index (χ3v) is 10.8. The van der Waals surface area contributed by atoms with Gasteiger partial charge in [0.25, 0.3) is 0 Å². The first-order chi connectivity index (χ1) is 20.6. The quantitative estimate of drug-likeness (QED) is 0.243.